The molecule has 14 heavy (non-hydrogen) atoms. The summed E-state index contributed by atoms with van der Waals surface area (Å²) in [6.07, 6.45) is 2.15. The van der Waals surface area contributed by atoms with E-state index in [0.29, 0.717) is 10.7 Å². The second-order valence-electron chi connectivity index (χ2n) is 1.90. The van der Waals surface area contributed by atoms with Gasteiger partial charge in [-0.1, -0.05) is 11.6 Å². The number of aromatic nitrogens is 1. The second-order valence-corrected chi connectivity index (χ2v) is 2.28. The Morgan fingerprint density at radius 2 is 2.14 bits per heavy atom. The van der Waals surface area contributed by atoms with Gasteiger partial charge in [-0.15, -0.1) is 7.05 Å². The number of rotatable bonds is 2. The van der Waals surface area contributed by atoms with Crippen molar-refractivity contribution in [1.29, 1.82) is 0 Å². The Bertz CT molecular complexity index is 242. The molecule has 0 saturated carbocycles. The second kappa shape index (κ2) is 11.7. The van der Waals surface area contributed by atoms with Crippen molar-refractivity contribution in [3.63, 3.8) is 0 Å². The molecule has 1 aromatic heterocycles. The third-order valence-electron chi connectivity index (χ3n) is 1.07. The summed E-state index contributed by atoms with van der Waals surface area (Å²) in [6.45, 7) is 0. The average Bonchev–Trinajstić information content (AvgIpc) is 2.19. The van der Waals surface area contributed by atoms with E-state index in [0.717, 1.165) is 6.29 Å². The molecule has 0 N–H and O–H groups in total. The van der Waals surface area contributed by atoms with Crippen molar-refractivity contribution < 1.29 is 61.0 Å². The Hall–Kier alpha value is 0.666. The van der Waals surface area contributed by atoms with Crippen LogP contribution in [0.4, 0.5) is 0 Å². The van der Waals surface area contributed by atoms with E-state index in [1.807, 2.05) is 0 Å². The molecule has 0 amide bonds. The number of hydroxylamine groups is 1. The number of hydrogen-bond donors (Lipinski definition) is 0. The zero-order chi connectivity index (χ0) is 10.1. The monoisotopic (exact) mass is 240 g/mol. The van der Waals surface area contributed by atoms with Crippen LogP contribution in [-0.2, 0) is 4.84 Å². The van der Waals surface area contributed by atoms with E-state index in [9.17, 15) is 4.79 Å². The van der Waals surface area contributed by atoms with E-state index in [-0.39, 0.29) is 51.4 Å². The molecule has 0 bridgehead atoms. The van der Waals surface area contributed by atoms with Crippen molar-refractivity contribution >= 4 is 17.9 Å². The van der Waals surface area contributed by atoms with Crippen molar-refractivity contribution in [2.24, 2.45) is 0 Å². The summed E-state index contributed by atoms with van der Waals surface area (Å²) in [5.74, 6) is 0. The molecule has 0 unspecified atom stereocenters. The van der Waals surface area contributed by atoms with E-state index >= 15 is 0 Å². The van der Waals surface area contributed by atoms with Crippen LogP contribution in [0.5, 0.6) is 0 Å². The Kier molecular flexibility index (Phi) is 14.3. The van der Waals surface area contributed by atoms with E-state index < -0.39 is 0 Å². The van der Waals surface area contributed by atoms with Gasteiger partial charge in [0, 0.05) is 18.9 Å². The molecule has 0 saturated heterocycles. The van der Waals surface area contributed by atoms with Crippen molar-refractivity contribution in [2.75, 3.05) is 14.2 Å². The summed E-state index contributed by atoms with van der Waals surface area (Å²) in [5, 5.41) is 0.403. The molecule has 0 aliphatic heterocycles. The zero-order valence-corrected chi connectivity index (χ0v) is 12.3. The smallest absolute Gasteiger partial charge is 0.537 e. The van der Waals surface area contributed by atoms with Crippen molar-refractivity contribution in [1.82, 2.24) is 4.98 Å². The predicted octanol–water partition coefficient (Wildman–Crippen LogP) is -0.897. The zero-order valence-electron chi connectivity index (χ0n) is 8.40. The number of nitrogens with zero attached hydrogens (tertiary/aromatic N) is 2. The number of carbonyl (C=O) groups is 1. The molecule has 0 aliphatic rings. The Balaban J connectivity index is 0. The molecule has 1 rings (SSSR count). The van der Waals surface area contributed by atoms with Gasteiger partial charge in [-0.25, -0.2) is 4.98 Å². The first kappa shape index (κ1) is 17.1. The van der Waals surface area contributed by atoms with Crippen LogP contribution in [0.1, 0.15) is 10.4 Å². The number of pyridine rings is 1. The van der Waals surface area contributed by atoms with Gasteiger partial charge >= 0.3 is 51.4 Å². The first-order valence-electron chi connectivity index (χ1n) is 3.43. The van der Waals surface area contributed by atoms with Crippen LogP contribution < -0.4 is 51.4 Å². The van der Waals surface area contributed by atoms with Gasteiger partial charge < -0.3 is 10.3 Å². The van der Waals surface area contributed by atoms with Gasteiger partial charge in [-0.2, -0.15) is 0 Å². The fourth-order valence-corrected chi connectivity index (χ4v) is 0.569. The summed E-state index contributed by atoms with van der Waals surface area (Å²) in [6, 6.07) is 3.19. The molecule has 0 radical (unpaired) electrons. The minimum Gasteiger partial charge on any atom is -0.537 e. The molecule has 6 heteroatoms. The summed E-state index contributed by atoms with van der Waals surface area (Å²) >= 11 is 5.44. The van der Waals surface area contributed by atoms with Gasteiger partial charge in [0.25, 0.3) is 0 Å². The number of halogens is 1. The SMILES string of the molecule is C[N-]OC.O=Cc1ccc(Cl)nc1.[K+]. The summed E-state index contributed by atoms with van der Waals surface area (Å²) in [4.78, 5) is 17.9. The normalized spacial score (nSPS) is 7.93. The van der Waals surface area contributed by atoms with Crippen LogP contribution in [0, 0.1) is 0 Å². The summed E-state index contributed by atoms with van der Waals surface area (Å²) in [5.41, 5.74) is 3.78. The van der Waals surface area contributed by atoms with Crippen LogP contribution in [0.2, 0.25) is 5.15 Å². The molecule has 0 spiro atoms. The molecule has 0 aliphatic carbocycles. The quantitative estimate of drug-likeness (QED) is 0.292. The van der Waals surface area contributed by atoms with Crippen LogP contribution in [0.15, 0.2) is 18.3 Å². The molecule has 0 fully saturated rings. The first-order chi connectivity index (χ1) is 6.24. The van der Waals surface area contributed by atoms with Crippen molar-refractivity contribution in [2.45, 2.75) is 0 Å². The van der Waals surface area contributed by atoms with Gasteiger partial charge in [0.1, 0.15) is 5.15 Å². The Morgan fingerprint density at radius 3 is 2.43 bits per heavy atom. The molecular formula is C8H10ClKN2O2. The van der Waals surface area contributed by atoms with Crippen LogP contribution in [0.25, 0.3) is 5.48 Å². The number of hydrogen-bond acceptors (Lipinski definition) is 3. The van der Waals surface area contributed by atoms with E-state index in [2.05, 4.69) is 15.3 Å². The fraction of sp³-hybridized carbons (Fsp3) is 0.250. The van der Waals surface area contributed by atoms with Crippen LogP contribution in [-0.4, -0.2) is 25.4 Å². The summed E-state index contributed by atoms with van der Waals surface area (Å²) in [7, 11) is 3.10. The van der Waals surface area contributed by atoms with E-state index in [4.69, 9.17) is 11.6 Å². The molecule has 1 heterocycles. The van der Waals surface area contributed by atoms with Crippen LogP contribution >= 0.6 is 11.6 Å². The van der Waals surface area contributed by atoms with Gasteiger partial charge in [0.05, 0.1) is 0 Å². The Morgan fingerprint density at radius 1 is 1.57 bits per heavy atom. The molecule has 0 aromatic carbocycles. The van der Waals surface area contributed by atoms with Crippen molar-refractivity contribution in [3.05, 3.63) is 34.5 Å². The maximum atomic E-state index is 10.0. The maximum Gasteiger partial charge on any atom is 1.00 e. The van der Waals surface area contributed by atoms with Gasteiger partial charge in [0.15, 0.2) is 6.29 Å². The predicted molar refractivity (Wildman–Crippen MR) is 50.9 cm³/mol. The van der Waals surface area contributed by atoms with E-state index in [1.54, 1.807) is 19.2 Å². The minimum absolute atomic E-state index is 0. The standard InChI is InChI=1S/C6H4ClNO.C2H6NO.K/c7-6-2-1-5(4-9)3-8-6;1-3-4-2;/h1-4H;1-2H3;/q;-1;+1. The Labute approximate surface area is 131 Å². The fourth-order valence-electron chi connectivity index (χ4n) is 0.457. The first-order valence-corrected chi connectivity index (χ1v) is 3.81. The average molecular weight is 241 g/mol. The third kappa shape index (κ3) is 9.23. The molecule has 0 atom stereocenters. The van der Waals surface area contributed by atoms with E-state index in [1.165, 1.54) is 13.3 Å². The van der Waals surface area contributed by atoms with Gasteiger partial charge in [-0.3, -0.25) is 4.79 Å². The summed E-state index contributed by atoms with van der Waals surface area (Å²) < 4.78 is 0. The number of aldehydes is 1. The molecule has 4 nitrogen and oxygen atoms in total. The maximum absolute atomic E-state index is 10.0. The van der Waals surface area contributed by atoms with Crippen LogP contribution in [0.3, 0.4) is 0 Å². The largest absolute Gasteiger partial charge is 1.00 e. The number of carbonyl (C=O) groups excluding carboxylic acids is 1. The van der Waals surface area contributed by atoms with Crippen molar-refractivity contribution in [3.8, 4) is 0 Å². The molecule has 1 aromatic rings. The minimum atomic E-state index is 0. The molecular weight excluding hydrogens is 231 g/mol. The molecule has 72 valence electrons. The topological polar surface area (TPSA) is 53.3 Å². The van der Waals surface area contributed by atoms with Gasteiger partial charge in [-0.05, 0) is 12.1 Å². The van der Waals surface area contributed by atoms with Gasteiger partial charge in [0.2, 0.25) is 0 Å². The third-order valence-corrected chi connectivity index (χ3v) is 1.29.